The second kappa shape index (κ2) is 6.65. The van der Waals surface area contributed by atoms with Crippen molar-refractivity contribution >= 4 is 17.3 Å². The molecule has 0 spiro atoms. The summed E-state index contributed by atoms with van der Waals surface area (Å²) in [6.45, 7) is 4.56. The average Bonchev–Trinajstić information content (AvgIpc) is 2.57. The van der Waals surface area contributed by atoms with Crippen LogP contribution in [0.3, 0.4) is 0 Å². The van der Waals surface area contributed by atoms with Gasteiger partial charge in [-0.3, -0.25) is 4.79 Å². The molecule has 2 aromatic rings. The summed E-state index contributed by atoms with van der Waals surface area (Å²) in [7, 11) is 0. The van der Waals surface area contributed by atoms with E-state index in [4.69, 9.17) is 0 Å². The van der Waals surface area contributed by atoms with Crippen LogP contribution in [0.4, 0.5) is 11.4 Å². The number of nitrogens with one attached hydrogen (secondary N) is 1. The molecule has 1 fully saturated rings. The van der Waals surface area contributed by atoms with Crippen molar-refractivity contribution in [1.29, 1.82) is 0 Å². The summed E-state index contributed by atoms with van der Waals surface area (Å²) in [6.07, 6.45) is 2.51. The number of carbonyl (C=O) groups is 1. The zero-order chi connectivity index (χ0) is 15.4. The summed E-state index contributed by atoms with van der Waals surface area (Å²) in [4.78, 5) is 14.5. The van der Waals surface area contributed by atoms with E-state index in [0.717, 1.165) is 24.7 Å². The third kappa shape index (κ3) is 3.48. The molecule has 0 unspecified atom stereocenters. The van der Waals surface area contributed by atoms with Crippen LogP contribution in [0.2, 0.25) is 0 Å². The minimum Gasteiger partial charge on any atom is -0.372 e. The molecule has 3 nitrogen and oxygen atoms in total. The zero-order valence-corrected chi connectivity index (χ0v) is 13.0. The molecule has 1 amide bonds. The molecule has 3 heteroatoms. The second-order valence-electron chi connectivity index (χ2n) is 6.04. The van der Waals surface area contributed by atoms with Crippen molar-refractivity contribution in [2.45, 2.75) is 19.8 Å². The molecule has 2 aromatic carbocycles. The van der Waals surface area contributed by atoms with Crippen molar-refractivity contribution in [2.24, 2.45) is 5.92 Å². The Balaban J connectivity index is 1.63. The van der Waals surface area contributed by atoms with E-state index in [0.29, 0.717) is 5.56 Å². The highest BCUT2D eigenvalue weighted by Gasteiger charge is 2.15. The van der Waals surface area contributed by atoms with Crippen LogP contribution in [0.5, 0.6) is 0 Å². The molecule has 0 bridgehead atoms. The number of hydrogen-bond acceptors (Lipinski definition) is 2. The molecular weight excluding hydrogens is 272 g/mol. The topological polar surface area (TPSA) is 32.3 Å². The van der Waals surface area contributed by atoms with Gasteiger partial charge in [-0.2, -0.15) is 0 Å². The van der Waals surface area contributed by atoms with Gasteiger partial charge in [0.05, 0.1) is 0 Å². The number of anilines is 2. The van der Waals surface area contributed by atoms with E-state index in [2.05, 4.69) is 29.3 Å². The first-order valence-corrected chi connectivity index (χ1v) is 7.94. The molecule has 114 valence electrons. The van der Waals surface area contributed by atoms with Gasteiger partial charge < -0.3 is 10.2 Å². The first kappa shape index (κ1) is 14.6. The monoisotopic (exact) mass is 294 g/mol. The molecule has 0 aromatic heterocycles. The van der Waals surface area contributed by atoms with Gasteiger partial charge >= 0.3 is 0 Å². The lowest BCUT2D eigenvalue weighted by atomic mass is 9.99. The number of nitrogens with zero attached hydrogens (tertiary/aromatic N) is 1. The van der Waals surface area contributed by atoms with Gasteiger partial charge in [0.25, 0.3) is 5.91 Å². The highest BCUT2D eigenvalue weighted by Crippen LogP contribution is 2.24. The minimum atomic E-state index is -0.0693. The van der Waals surface area contributed by atoms with Gasteiger partial charge in [0, 0.05) is 30.0 Å². The fourth-order valence-electron chi connectivity index (χ4n) is 2.82. The van der Waals surface area contributed by atoms with Gasteiger partial charge in [-0.05, 0) is 55.2 Å². The molecule has 22 heavy (non-hydrogen) atoms. The maximum atomic E-state index is 12.1. The van der Waals surface area contributed by atoms with Crippen molar-refractivity contribution in [2.75, 3.05) is 23.3 Å². The van der Waals surface area contributed by atoms with Gasteiger partial charge in [0.2, 0.25) is 0 Å². The summed E-state index contributed by atoms with van der Waals surface area (Å²) >= 11 is 0. The van der Waals surface area contributed by atoms with Crippen molar-refractivity contribution in [3.05, 3.63) is 60.2 Å². The standard InChI is InChI=1S/C19H22N2O/c1-15-11-13-21(14-12-15)18-9-7-17(8-10-18)20-19(22)16-5-3-2-4-6-16/h2-10,15H,11-14H2,1H3,(H,20,22). The Hall–Kier alpha value is -2.29. The molecule has 1 aliphatic heterocycles. The summed E-state index contributed by atoms with van der Waals surface area (Å²) < 4.78 is 0. The van der Waals surface area contributed by atoms with Gasteiger partial charge in [-0.25, -0.2) is 0 Å². The normalized spacial score (nSPS) is 15.6. The summed E-state index contributed by atoms with van der Waals surface area (Å²) in [5.74, 6) is 0.765. The molecular formula is C19H22N2O. The van der Waals surface area contributed by atoms with Crippen LogP contribution in [0.15, 0.2) is 54.6 Å². The highest BCUT2D eigenvalue weighted by atomic mass is 16.1. The van der Waals surface area contributed by atoms with Gasteiger partial charge in [-0.15, -0.1) is 0 Å². The number of hydrogen-bond donors (Lipinski definition) is 1. The number of piperidine rings is 1. The summed E-state index contributed by atoms with van der Waals surface area (Å²) in [5, 5.41) is 2.94. The molecule has 1 aliphatic rings. The third-order valence-electron chi connectivity index (χ3n) is 4.31. The first-order valence-electron chi connectivity index (χ1n) is 7.94. The minimum absolute atomic E-state index is 0.0693. The Morgan fingerprint density at radius 2 is 1.64 bits per heavy atom. The Morgan fingerprint density at radius 3 is 2.27 bits per heavy atom. The third-order valence-corrected chi connectivity index (χ3v) is 4.31. The number of benzene rings is 2. The van der Waals surface area contributed by atoms with E-state index in [1.54, 1.807) is 0 Å². The van der Waals surface area contributed by atoms with E-state index >= 15 is 0 Å². The van der Waals surface area contributed by atoms with E-state index < -0.39 is 0 Å². The van der Waals surface area contributed by atoms with Crippen LogP contribution in [0.25, 0.3) is 0 Å². The van der Waals surface area contributed by atoms with E-state index in [9.17, 15) is 4.79 Å². The maximum Gasteiger partial charge on any atom is 0.255 e. The van der Waals surface area contributed by atoms with E-state index in [-0.39, 0.29) is 5.91 Å². The Kier molecular flexibility index (Phi) is 4.42. The van der Waals surface area contributed by atoms with Crippen LogP contribution >= 0.6 is 0 Å². The lowest BCUT2D eigenvalue weighted by Gasteiger charge is -2.32. The Morgan fingerprint density at radius 1 is 1.00 bits per heavy atom. The fourth-order valence-corrected chi connectivity index (χ4v) is 2.82. The Bertz CT molecular complexity index is 614. The van der Waals surface area contributed by atoms with E-state index in [1.165, 1.54) is 18.5 Å². The molecule has 0 radical (unpaired) electrons. The van der Waals surface area contributed by atoms with E-state index in [1.807, 2.05) is 42.5 Å². The summed E-state index contributed by atoms with van der Waals surface area (Å²) in [5.41, 5.74) is 2.75. The average molecular weight is 294 g/mol. The van der Waals surface area contributed by atoms with Crippen molar-refractivity contribution in [1.82, 2.24) is 0 Å². The smallest absolute Gasteiger partial charge is 0.255 e. The summed E-state index contributed by atoms with van der Waals surface area (Å²) in [6, 6.07) is 17.4. The molecule has 1 heterocycles. The molecule has 1 N–H and O–H groups in total. The number of rotatable bonds is 3. The highest BCUT2D eigenvalue weighted by molar-refractivity contribution is 6.04. The van der Waals surface area contributed by atoms with Gasteiger partial charge in [-0.1, -0.05) is 25.1 Å². The Labute approximate surface area is 132 Å². The van der Waals surface area contributed by atoms with Gasteiger partial charge in [0.15, 0.2) is 0 Å². The largest absolute Gasteiger partial charge is 0.372 e. The second-order valence-corrected chi connectivity index (χ2v) is 6.04. The molecule has 0 aliphatic carbocycles. The molecule has 0 atom stereocenters. The SMILES string of the molecule is CC1CCN(c2ccc(NC(=O)c3ccccc3)cc2)CC1. The van der Waals surface area contributed by atoms with Crippen LogP contribution in [0, 0.1) is 5.92 Å². The predicted octanol–water partition coefficient (Wildman–Crippen LogP) is 4.18. The van der Waals surface area contributed by atoms with Crippen LogP contribution in [0.1, 0.15) is 30.1 Å². The number of amides is 1. The van der Waals surface area contributed by atoms with Crippen molar-refractivity contribution < 1.29 is 4.79 Å². The quantitative estimate of drug-likeness (QED) is 0.921. The van der Waals surface area contributed by atoms with Crippen LogP contribution in [-0.4, -0.2) is 19.0 Å². The lowest BCUT2D eigenvalue weighted by Crippen LogP contribution is -2.32. The van der Waals surface area contributed by atoms with Crippen molar-refractivity contribution in [3.8, 4) is 0 Å². The molecule has 0 saturated carbocycles. The molecule has 1 saturated heterocycles. The maximum absolute atomic E-state index is 12.1. The van der Waals surface area contributed by atoms with Crippen LogP contribution in [-0.2, 0) is 0 Å². The number of carbonyl (C=O) groups excluding carboxylic acids is 1. The fraction of sp³-hybridized carbons (Fsp3) is 0.316. The first-order chi connectivity index (χ1) is 10.7. The van der Waals surface area contributed by atoms with Crippen LogP contribution < -0.4 is 10.2 Å². The predicted molar refractivity (Wildman–Crippen MR) is 91.4 cm³/mol. The zero-order valence-electron chi connectivity index (χ0n) is 13.0. The van der Waals surface area contributed by atoms with Gasteiger partial charge in [0.1, 0.15) is 0 Å². The van der Waals surface area contributed by atoms with Crippen molar-refractivity contribution in [3.63, 3.8) is 0 Å². The lowest BCUT2D eigenvalue weighted by molar-refractivity contribution is 0.102. The molecule has 3 rings (SSSR count).